The van der Waals surface area contributed by atoms with Gasteiger partial charge in [0.2, 0.25) is 5.88 Å². The maximum absolute atomic E-state index is 10.8. The van der Waals surface area contributed by atoms with E-state index in [4.69, 9.17) is 4.74 Å². The van der Waals surface area contributed by atoms with Crippen LogP contribution in [0.5, 0.6) is 5.88 Å². The third kappa shape index (κ3) is 2.91. The van der Waals surface area contributed by atoms with Gasteiger partial charge in [0, 0.05) is 18.3 Å². The molecule has 1 aliphatic heterocycles. The van der Waals surface area contributed by atoms with E-state index in [1.165, 1.54) is 12.3 Å². The lowest BCUT2D eigenvalue weighted by molar-refractivity contribution is -0.385. The first-order valence-corrected chi connectivity index (χ1v) is 5.65. The van der Waals surface area contributed by atoms with E-state index in [9.17, 15) is 10.1 Å². The Hall–Kier alpha value is -1.69. The molecule has 1 N–H and O–H groups in total. The van der Waals surface area contributed by atoms with Gasteiger partial charge < -0.3 is 10.1 Å². The van der Waals surface area contributed by atoms with Crippen LogP contribution >= 0.6 is 0 Å². The molecule has 17 heavy (non-hydrogen) atoms. The Morgan fingerprint density at radius 2 is 2.47 bits per heavy atom. The van der Waals surface area contributed by atoms with Gasteiger partial charge in [0.1, 0.15) is 6.10 Å². The summed E-state index contributed by atoms with van der Waals surface area (Å²) in [6.45, 7) is 3.43. The predicted molar refractivity (Wildman–Crippen MR) is 62.1 cm³/mol. The van der Waals surface area contributed by atoms with Crippen molar-refractivity contribution < 1.29 is 9.66 Å². The number of rotatable bonds is 3. The van der Waals surface area contributed by atoms with Crippen LogP contribution < -0.4 is 10.1 Å². The zero-order valence-corrected chi connectivity index (χ0v) is 9.68. The number of pyridine rings is 1. The van der Waals surface area contributed by atoms with Crippen molar-refractivity contribution in [1.29, 1.82) is 0 Å². The van der Waals surface area contributed by atoms with Gasteiger partial charge in [-0.15, -0.1) is 0 Å². The van der Waals surface area contributed by atoms with Crippen molar-refractivity contribution in [1.82, 2.24) is 10.3 Å². The molecule has 1 aliphatic rings. The summed E-state index contributed by atoms with van der Waals surface area (Å²) in [5.74, 6) is 0.330. The number of nitrogens with one attached hydrogen (secondary N) is 1. The molecule has 6 nitrogen and oxygen atoms in total. The lowest BCUT2D eigenvalue weighted by Crippen LogP contribution is -2.37. The maximum atomic E-state index is 10.8. The summed E-state index contributed by atoms with van der Waals surface area (Å²) in [5.41, 5.74) is 0.600. The lowest BCUT2D eigenvalue weighted by Gasteiger charge is -2.23. The Morgan fingerprint density at radius 3 is 3.12 bits per heavy atom. The largest absolute Gasteiger partial charge is 0.473 e. The summed E-state index contributed by atoms with van der Waals surface area (Å²) in [5, 5.41) is 14.0. The molecular formula is C11H15N3O3. The molecule has 1 fully saturated rings. The first kappa shape index (κ1) is 11.8. The van der Waals surface area contributed by atoms with Gasteiger partial charge in [-0.05, 0) is 26.3 Å². The molecule has 1 aromatic rings. The normalized spacial score (nSPS) is 19.9. The predicted octanol–water partition coefficient (Wildman–Crippen LogP) is 1.43. The van der Waals surface area contributed by atoms with Crippen molar-refractivity contribution in [2.24, 2.45) is 0 Å². The lowest BCUT2D eigenvalue weighted by atomic mass is 10.1. The second-order valence-electron chi connectivity index (χ2n) is 4.15. The second-order valence-corrected chi connectivity index (χ2v) is 4.15. The van der Waals surface area contributed by atoms with Crippen molar-refractivity contribution in [3.63, 3.8) is 0 Å². The van der Waals surface area contributed by atoms with E-state index in [2.05, 4.69) is 10.3 Å². The molecule has 0 unspecified atom stereocenters. The van der Waals surface area contributed by atoms with E-state index in [0.29, 0.717) is 11.4 Å². The summed E-state index contributed by atoms with van der Waals surface area (Å²) >= 11 is 0. The first-order valence-electron chi connectivity index (χ1n) is 5.65. The molecule has 1 atom stereocenters. The van der Waals surface area contributed by atoms with E-state index >= 15 is 0 Å². The highest BCUT2D eigenvalue weighted by molar-refractivity contribution is 5.40. The minimum atomic E-state index is -0.414. The highest BCUT2D eigenvalue weighted by Crippen LogP contribution is 2.22. The summed E-state index contributed by atoms with van der Waals surface area (Å²) in [7, 11) is 0. The molecule has 0 bridgehead atoms. The van der Waals surface area contributed by atoms with Crippen LogP contribution in [0.15, 0.2) is 12.3 Å². The molecule has 2 rings (SSSR count). The van der Waals surface area contributed by atoms with Gasteiger partial charge in [-0.25, -0.2) is 4.98 Å². The molecule has 1 aromatic heterocycles. The van der Waals surface area contributed by atoms with Gasteiger partial charge in [0.05, 0.1) is 11.0 Å². The smallest absolute Gasteiger partial charge is 0.279 e. The monoisotopic (exact) mass is 237 g/mol. The third-order valence-electron chi connectivity index (χ3n) is 2.79. The van der Waals surface area contributed by atoms with Gasteiger partial charge in [-0.1, -0.05) is 0 Å². The molecule has 0 radical (unpaired) electrons. The Labute approximate surface area is 99.2 Å². The standard InChI is InChI=1S/C11H15N3O3/c1-8-6-13-11(5-10(8)14(15)16)17-9-3-2-4-12-7-9/h5-6,9,12H,2-4,7H2,1H3/t9-/m0/s1. The van der Waals surface area contributed by atoms with Gasteiger partial charge in [0.15, 0.2) is 0 Å². The molecular weight excluding hydrogens is 222 g/mol. The zero-order valence-electron chi connectivity index (χ0n) is 9.68. The van der Waals surface area contributed by atoms with Crippen LogP contribution in [0.4, 0.5) is 5.69 Å². The molecule has 0 amide bonds. The quantitative estimate of drug-likeness (QED) is 0.635. The number of piperidine rings is 1. The van der Waals surface area contributed by atoms with E-state index in [-0.39, 0.29) is 11.8 Å². The van der Waals surface area contributed by atoms with Gasteiger partial charge in [-0.3, -0.25) is 10.1 Å². The Balaban J connectivity index is 2.10. The Kier molecular flexibility index (Phi) is 3.53. The molecule has 6 heteroatoms. The number of aryl methyl sites for hydroxylation is 1. The molecule has 0 saturated carbocycles. The fourth-order valence-corrected chi connectivity index (χ4v) is 1.85. The van der Waals surface area contributed by atoms with E-state index in [1.807, 2.05) is 0 Å². The SMILES string of the molecule is Cc1cnc(O[C@H]2CCCNC2)cc1[N+](=O)[O-]. The van der Waals surface area contributed by atoms with Crippen molar-refractivity contribution >= 4 is 5.69 Å². The topological polar surface area (TPSA) is 77.3 Å². The average molecular weight is 237 g/mol. The van der Waals surface area contributed by atoms with E-state index in [0.717, 1.165) is 25.9 Å². The first-order chi connectivity index (χ1) is 8.16. The Bertz CT molecular complexity index is 416. The summed E-state index contributed by atoms with van der Waals surface area (Å²) in [6, 6.07) is 1.39. The summed E-state index contributed by atoms with van der Waals surface area (Å²) < 4.78 is 5.62. The van der Waals surface area contributed by atoms with Crippen LogP contribution in [0.1, 0.15) is 18.4 Å². The van der Waals surface area contributed by atoms with Gasteiger partial charge in [0.25, 0.3) is 5.69 Å². The Morgan fingerprint density at radius 1 is 1.65 bits per heavy atom. The van der Waals surface area contributed by atoms with Crippen molar-refractivity contribution in [3.05, 3.63) is 27.9 Å². The van der Waals surface area contributed by atoms with Crippen molar-refractivity contribution in [2.45, 2.75) is 25.9 Å². The number of nitrogens with zero attached hydrogens (tertiary/aromatic N) is 2. The highest BCUT2D eigenvalue weighted by Gasteiger charge is 2.18. The van der Waals surface area contributed by atoms with Crippen LogP contribution in [-0.4, -0.2) is 29.1 Å². The van der Waals surface area contributed by atoms with Crippen LogP contribution in [0.3, 0.4) is 0 Å². The third-order valence-corrected chi connectivity index (χ3v) is 2.79. The number of nitro groups is 1. The van der Waals surface area contributed by atoms with Gasteiger partial charge >= 0.3 is 0 Å². The molecule has 0 aliphatic carbocycles. The van der Waals surface area contributed by atoms with Crippen molar-refractivity contribution in [2.75, 3.05) is 13.1 Å². The summed E-state index contributed by atoms with van der Waals surface area (Å²) in [6.07, 6.45) is 3.54. The number of hydrogen-bond donors (Lipinski definition) is 1. The highest BCUT2D eigenvalue weighted by atomic mass is 16.6. The molecule has 0 spiro atoms. The minimum absolute atomic E-state index is 0.0542. The fraction of sp³-hybridized carbons (Fsp3) is 0.545. The molecule has 92 valence electrons. The number of aromatic nitrogens is 1. The second kappa shape index (κ2) is 5.09. The van der Waals surface area contributed by atoms with Crippen LogP contribution in [-0.2, 0) is 0 Å². The zero-order chi connectivity index (χ0) is 12.3. The van der Waals surface area contributed by atoms with Crippen LogP contribution in [0, 0.1) is 17.0 Å². The average Bonchev–Trinajstić information content (AvgIpc) is 2.32. The summed E-state index contributed by atoms with van der Waals surface area (Å²) in [4.78, 5) is 14.4. The molecule has 1 saturated heterocycles. The fourth-order valence-electron chi connectivity index (χ4n) is 1.85. The van der Waals surface area contributed by atoms with E-state index < -0.39 is 4.92 Å². The molecule has 0 aromatic carbocycles. The van der Waals surface area contributed by atoms with Crippen LogP contribution in [0.2, 0.25) is 0 Å². The van der Waals surface area contributed by atoms with Crippen LogP contribution in [0.25, 0.3) is 0 Å². The van der Waals surface area contributed by atoms with Gasteiger partial charge in [-0.2, -0.15) is 0 Å². The number of hydrogen-bond acceptors (Lipinski definition) is 5. The minimum Gasteiger partial charge on any atom is -0.473 e. The molecule has 2 heterocycles. The maximum Gasteiger partial charge on any atom is 0.279 e. The van der Waals surface area contributed by atoms with E-state index in [1.54, 1.807) is 6.92 Å². The van der Waals surface area contributed by atoms with Crippen molar-refractivity contribution in [3.8, 4) is 5.88 Å². The number of ether oxygens (including phenoxy) is 1.